The maximum atomic E-state index is 11.0. The Morgan fingerprint density at radius 2 is 2.10 bits per heavy atom. The van der Waals surface area contributed by atoms with Crippen LogP contribution in [0.25, 0.3) is 5.69 Å². The molecular formula is C14H14N4OS. The summed E-state index contributed by atoms with van der Waals surface area (Å²) < 4.78 is 1.83. The molecule has 0 aliphatic carbocycles. The Labute approximate surface area is 119 Å². The highest BCUT2D eigenvalue weighted by molar-refractivity contribution is 7.07. The molecule has 0 spiro atoms. The molecule has 0 fully saturated rings. The van der Waals surface area contributed by atoms with Crippen LogP contribution in [-0.2, 0) is 13.1 Å². The van der Waals surface area contributed by atoms with Crippen molar-refractivity contribution < 1.29 is 0 Å². The summed E-state index contributed by atoms with van der Waals surface area (Å²) in [4.78, 5) is 13.8. The van der Waals surface area contributed by atoms with E-state index in [0.717, 1.165) is 17.9 Å². The number of aromatic nitrogens is 3. The first-order valence-electron chi connectivity index (χ1n) is 6.27. The van der Waals surface area contributed by atoms with E-state index in [1.54, 1.807) is 6.20 Å². The van der Waals surface area contributed by atoms with Gasteiger partial charge in [-0.3, -0.25) is 4.79 Å². The van der Waals surface area contributed by atoms with Gasteiger partial charge in [-0.15, -0.1) is 0 Å². The van der Waals surface area contributed by atoms with Gasteiger partial charge in [-0.1, -0.05) is 23.5 Å². The van der Waals surface area contributed by atoms with Crippen LogP contribution in [0.4, 0.5) is 0 Å². The normalized spacial score (nSPS) is 10.8. The summed E-state index contributed by atoms with van der Waals surface area (Å²) in [5, 5.41) is 9.33. The molecule has 0 saturated heterocycles. The largest absolute Gasteiger partial charge is 0.315 e. The predicted molar refractivity (Wildman–Crippen MR) is 79.0 cm³/mol. The molecule has 3 rings (SSSR count). The van der Waals surface area contributed by atoms with Crippen molar-refractivity contribution in [2.45, 2.75) is 13.1 Å². The molecule has 5 nitrogen and oxygen atoms in total. The van der Waals surface area contributed by atoms with Crippen molar-refractivity contribution in [3.05, 3.63) is 69.0 Å². The molecule has 0 radical (unpaired) electrons. The summed E-state index contributed by atoms with van der Waals surface area (Å²) >= 11 is 1.19. The van der Waals surface area contributed by atoms with Gasteiger partial charge in [0, 0.05) is 36.6 Å². The molecular weight excluding hydrogens is 272 g/mol. The van der Waals surface area contributed by atoms with Crippen molar-refractivity contribution >= 4 is 11.3 Å². The lowest BCUT2D eigenvalue weighted by atomic mass is 10.2. The number of thiazole rings is 1. The van der Waals surface area contributed by atoms with E-state index in [4.69, 9.17) is 0 Å². The van der Waals surface area contributed by atoms with Crippen molar-refractivity contribution in [2.24, 2.45) is 0 Å². The SMILES string of the molecule is O=c1[nH]c(CNCc2ccc(-n3cccn3)cc2)cs1. The highest BCUT2D eigenvalue weighted by Gasteiger charge is 1.99. The summed E-state index contributed by atoms with van der Waals surface area (Å²) in [6.45, 7) is 1.43. The minimum absolute atomic E-state index is 0.00891. The number of nitrogens with zero attached hydrogens (tertiary/aromatic N) is 2. The Morgan fingerprint density at radius 3 is 2.75 bits per heavy atom. The van der Waals surface area contributed by atoms with E-state index in [2.05, 4.69) is 27.5 Å². The van der Waals surface area contributed by atoms with Crippen LogP contribution in [0.5, 0.6) is 0 Å². The maximum absolute atomic E-state index is 11.0. The first-order valence-corrected chi connectivity index (χ1v) is 7.15. The van der Waals surface area contributed by atoms with Gasteiger partial charge in [0.25, 0.3) is 0 Å². The molecule has 0 aliphatic rings. The molecule has 3 aromatic rings. The van der Waals surface area contributed by atoms with Gasteiger partial charge in [0.05, 0.1) is 5.69 Å². The molecule has 0 atom stereocenters. The molecule has 2 aromatic heterocycles. The predicted octanol–water partition coefficient (Wildman–Crippen LogP) is 1.91. The van der Waals surface area contributed by atoms with Gasteiger partial charge in [-0.2, -0.15) is 5.10 Å². The van der Waals surface area contributed by atoms with Gasteiger partial charge in [0.2, 0.25) is 0 Å². The summed E-state index contributed by atoms with van der Waals surface area (Å²) in [5.41, 5.74) is 3.16. The maximum Gasteiger partial charge on any atom is 0.304 e. The molecule has 102 valence electrons. The van der Waals surface area contributed by atoms with Crippen LogP contribution in [0, 0.1) is 0 Å². The first-order chi connectivity index (χ1) is 9.81. The minimum atomic E-state index is -0.00891. The van der Waals surface area contributed by atoms with E-state index in [-0.39, 0.29) is 4.87 Å². The lowest BCUT2D eigenvalue weighted by molar-refractivity contribution is 0.681. The number of hydrogen-bond donors (Lipinski definition) is 2. The number of H-pyrrole nitrogens is 1. The van der Waals surface area contributed by atoms with E-state index in [0.29, 0.717) is 6.54 Å². The summed E-state index contributed by atoms with van der Waals surface area (Å²) in [6.07, 6.45) is 3.68. The molecule has 2 heterocycles. The average Bonchev–Trinajstić information content (AvgIpc) is 3.11. The number of aromatic amines is 1. The zero-order valence-corrected chi connectivity index (χ0v) is 11.6. The minimum Gasteiger partial charge on any atom is -0.315 e. The van der Waals surface area contributed by atoms with Gasteiger partial charge >= 0.3 is 4.87 Å². The third kappa shape index (κ3) is 3.04. The summed E-state index contributed by atoms with van der Waals surface area (Å²) in [6, 6.07) is 10.1. The fraction of sp³-hybridized carbons (Fsp3) is 0.143. The van der Waals surface area contributed by atoms with Crippen LogP contribution in [0.3, 0.4) is 0 Å². The van der Waals surface area contributed by atoms with Crippen LogP contribution >= 0.6 is 11.3 Å². The Balaban J connectivity index is 1.57. The molecule has 0 amide bonds. The number of benzene rings is 1. The van der Waals surface area contributed by atoms with E-state index < -0.39 is 0 Å². The summed E-state index contributed by atoms with van der Waals surface area (Å²) in [5.74, 6) is 0. The molecule has 0 unspecified atom stereocenters. The van der Waals surface area contributed by atoms with Crippen LogP contribution in [0.1, 0.15) is 11.3 Å². The van der Waals surface area contributed by atoms with Crippen molar-refractivity contribution in [3.8, 4) is 5.69 Å². The zero-order chi connectivity index (χ0) is 13.8. The first kappa shape index (κ1) is 12.8. The Morgan fingerprint density at radius 1 is 1.25 bits per heavy atom. The monoisotopic (exact) mass is 286 g/mol. The lowest BCUT2D eigenvalue weighted by Crippen LogP contribution is -2.13. The van der Waals surface area contributed by atoms with Crippen LogP contribution in [0.2, 0.25) is 0 Å². The standard InChI is InChI=1S/C14H14N4OS/c19-14-17-12(10-20-14)9-15-8-11-2-4-13(5-3-11)18-7-1-6-16-18/h1-7,10,15H,8-9H2,(H,17,19). The molecule has 20 heavy (non-hydrogen) atoms. The van der Waals surface area contributed by atoms with Crippen molar-refractivity contribution in [1.82, 2.24) is 20.1 Å². The lowest BCUT2D eigenvalue weighted by Gasteiger charge is -2.05. The Hall–Kier alpha value is -2.18. The highest BCUT2D eigenvalue weighted by atomic mass is 32.1. The van der Waals surface area contributed by atoms with E-state index >= 15 is 0 Å². The topological polar surface area (TPSA) is 62.7 Å². The summed E-state index contributed by atoms with van der Waals surface area (Å²) in [7, 11) is 0. The van der Waals surface area contributed by atoms with Crippen molar-refractivity contribution in [1.29, 1.82) is 0 Å². The molecule has 2 N–H and O–H groups in total. The fourth-order valence-corrected chi connectivity index (χ4v) is 2.51. The zero-order valence-electron chi connectivity index (χ0n) is 10.7. The van der Waals surface area contributed by atoms with E-state index in [9.17, 15) is 4.79 Å². The van der Waals surface area contributed by atoms with Gasteiger partial charge in [-0.25, -0.2) is 4.68 Å². The second-order valence-corrected chi connectivity index (χ2v) is 5.24. The highest BCUT2D eigenvalue weighted by Crippen LogP contribution is 2.08. The Bertz CT molecular complexity index is 712. The van der Waals surface area contributed by atoms with Gasteiger partial charge in [0.1, 0.15) is 0 Å². The van der Waals surface area contributed by atoms with Crippen LogP contribution in [-0.4, -0.2) is 14.8 Å². The fourth-order valence-electron chi connectivity index (χ4n) is 1.93. The van der Waals surface area contributed by atoms with Crippen molar-refractivity contribution in [3.63, 3.8) is 0 Å². The quantitative estimate of drug-likeness (QED) is 0.753. The van der Waals surface area contributed by atoms with E-state index in [1.807, 2.05) is 34.5 Å². The molecule has 6 heteroatoms. The average molecular weight is 286 g/mol. The number of hydrogen-bond acceptors (Lipinski definition) is 4. The Kier molecular flexibility index (Phi) is 3.76. The third-order valence-corrected chi connectivity index (χ3v) is 3.64. The van der Waals surface area contributed by atoms with Gasteiger partial charge < -0.3 is 10.3 Å². The number of rotatable bonds is 5. The van der Waals surface area contributed by atoms with Gasteiger partial charge in [-0.05, 0) is 23.8 Å². The third-order valence-electron chi connectivity index (χ3n) is 2.92. The molecule has 1 aromatic carbocycles. The van der Waals surface area contributed by atoms with Crippen LogP contribution in [0.15, 0.2) is 52.9 Å². The molecule has 0 saturated carbocycles. The van der Waals surface area contributed by atoms with Gasteiger partial charge in [0.15, 0.2) is 0 Å². The smallest absolute Gasteiger partial charge is 0.304 e. The number of nitrogens with one attached hydrogen (secondary N) is 2. The second kappa shape index (κ2) is 5.85. The molecule has 0 bridgehead atoms. The van der Waals surface area contributed by atoms with Crippen molar-refractivity contribution in [2.75, 3.05) is 0 Å². The van der Waals surface area contributed by atoms with E-state index in [1.165, 1.54) is 16.9 Å². The molecule has 0 aliphatic heterocycles. The second-order valence-electron chi connectivity index (χ2n) is 4.39. The van der Waals surface area contributed by atoms with Crippen LogP contribution < -0.4 is 10.2 Å².